The number of aromatic nitrogens is 2. The van der Waals surface area contributed by atoms with Crippen molar-refractivity contribution in [2.45, 2.75) is 26.8 Å². The zero-order valence-corrected chi connectivity index (χ0v) is 19.5. The Labute approximate surface area is 193 Å². The normalized spacial score (nSPS) is 16.2. The smallest absolute Gasteiger partial charge is 0.258 e. The van der Waals surface area contributed by atoms with Gasteiger partial charge in [0.15, 0.2) is 5.11 Å². The van der Waals surface area contributed by atoms with E-state index in [9.17, 15) is 0 Å². The first kappa shape index (κ1) is 21.8. The molecule has 1 atom stereocenters. The van der Waals surface area contributed by atoms with Crippen LogP contribution in [-0.2, 0) is 0 Å². The molecule has 0 fully saturated rings. The molecule has 4 rings (SSSR count). The third-order valence-corrected chi connectivity index (χ3v) is 6.09. The largest absolute Gasteiger partial charge is 0.497 e. The summed E-state index contributed by atoms with van der Waals surface area (Å²) in [5.41, 5.74) is 6.21. The van der Waals surface area contributed by atoms with Gasteiger partial charge in [0.1, 0.15) is 5.75 Å². The maximum Gasteiger partial charge on any atom is 0.258 e. The fourth-order valence-corrected chi connectivity index (χ4v) is 4.14. The topological polar surface area (TPSA) is 63.4 Å². The molecule has 1 aliphatic rings. The Kier molecular flexibility index (Phi) is 6.10. The number of ether oxygens (including phenoxy) is 1. The van der Waals surface area contributed by atoms with Crippen molar-refractivity contribution in [3.8, 4) is 17.1 Å². The Hall–Kier alpha value is -3.45. The van der Waals surface area contributed by atoms with Crippen molar-refractivity contribution in [1.82, 2.24) is 20.4 Å². The highest BCUT2D eigenvalue weighted by Crippen LogP contribution is 2.38. The standard InChI is InChI=1S/C25H26N4O2S/c1-6-12-29-17(4)21(22(26-25(29)32)18-11-10-15(2)16(3)13-18)24-27-23(28-31-24)19-8-7-9-20(14-19)30-5/h6-11,13-14,22H,1,12H2,2-5H3,(H,26,32). The summed E-state index contributed by atoms with van der Waals surface area (Å²) < 4.78 is 11.1. The molecular weight excluding hydrogens is 420 g/mol. The molecule has 0 saturated heterocycles. The van der Waals surface area contributed by atoms with Crippen LogP contribution in [0, 0.1) is 13.8 Å². The Balaban J connectivity index is 1.83. The van der Waals surface area contributed by atoms with E-state index < -0.39 is 0 Å². The summed E-state index contributed by atoms with van der Waals surface area (Å²) in [6, 6.07) is 13.8. The first-order valence-corrected chi connectivity index (χ1v) is 10.8. The lowest BCUT2D eigenvalue weighted by atomic mass is 9.92. The van der Waals surface area contributed by atoms with E-state index in [2.05, 4.69) is 49.1 Å². The van der Waals surface area contributed by atoms with E-state index >= 15 is 0 Å². The van der Waals surface area contributed by atoms with Gasteiger partial charge in [-0.1, -0.05) is 41.6 Å². The third kappa shape index (κ3) is 4.03. The van der Waals surface area contributed by atoms with Gasteiger partial charge in [0.05, 0.1) is 18.7 Å². The number of thiocarbonyl (C=S) groups is 1. The molecule has 1 unspecified atom stereocenters. The van der Waals surface area contributed by atoms with Crippen LogP contribution in [0.4, 0.5) is 0 Å². The summed E-state index contributed by atoms with van der Waals surface area (Å²) in [5, 5.41) is 8.35. The van der Waals surface area contributed by atoms with Crippen LogP contribution in [0.1, 0.15) is 35.5 Å². The van der Waals surface area contributed by atoms with Crippen LogP contribution in [0.2, 0.25) is 0 Å². The van der Waals surface area contributed by atoms with Gasteiger partial charge in [0, 0.05) is 17.8 Å². The van der Waals surface area contributed by atoms with E-state index in [-0.39, 0.29) is 6.04 Å². The Morgan fingerprint density at radius 3 is 2.72 bits per heavy atom. The minimum absolute atomic E-state index is 0.207. The van der Waals surface area contributed by atoms with Crippen LogP contribution < -0.4 is 10.1 Å². The van der Waals surface area contributed by atoms with Crippen LogP contribution in [0.15, 0.2) is 65.3 Å². The van der Waals surface area contributed by atoms with Crippen LogP contribution >= 0.6 is 12.2 Å². The molecule has 32 heavy (non-hydrogen) atoms. The van der Waals surface area contributed by atoms with Gasteiger partial charge in [0.25, 0.3) is 5.89 Å². The van der Waals surface area contributed by atoms with E-state index in [1.54, 1.807) is 7.11 Å². The molecule has 2 heterocycles. The zero-order chi connectivity index (χ0) is 22.8. The van der Waals surface area contributed by atoms with Crippen molar-refractivity contribution in [1.29, 1.82) is 0 Å². The molecule has 6 nitrogen and oxygen atoms in total. The predicted molar refractivity (Wildman–Crippen MR) is 130 cm³/mol. The average molecular weight is 447 g/mol. The zero-order valence-electron chi connectivity index (χ0n) is 18.7. The molecule has 0 amide bonds. The van der Waals surface area contributed by atoms with Crippen LogP contribution in [0.25, 0.3) is 17.0 Å². The summed E-state index contributed by atoms with van der Waals surface area (Å²) in [4.78, 5) is 6.73. The van der Waals surface area contributed by atoms with Crippen molar-refractivity contribution in [2.24, 2.45) is 0 Å². The van der Waals surface area contributed by atoms with Gasteiger partial charge in [-0.2, -0.15) is 4.98 Å². The second kappa shape index (κ2) is 8.96. The number of benzene rings is 2. The first-order valence-electron chi connectivity index (χ1n) is 10.4. The highest BCUT2D eigenvalue weighted by molar-refractivity contribution is 7.80. The van der Waals surface area contributed by atoms with Crippen molar-refractivity contribution in [2.75, 3.05) is 13.7 Å². The first-order chi connectivity index (χ1) is 15.4. The van der Waals surface area contributed by atoms with Crippen molar-refractivity contribution in [3.05, 3.63) is 83.4 Å². The lowest BCUT2D eigenvalue weighted by Crippen LogP contribution is -2.45. The molecule has 3 aromatic rings. The number of hydrogen-bond donors (Lipinski definition) is 1. The predicted octanol–water partition coefficient (Wildman–Crippen LogP) is 5.21. The van der Waals surface area contributed by atoms with Gasteiger partial charge in [0.2, 0.25) is 5.82 Å². The molecule has 2 aromatic carbocycles. The molecule has 0 radical (unpaired) electrons. The van der Waals surface area contributed by atoms with Gasteiger partial charge in [-0.3, -0.25) is 0 Å². The van der Waals surface area contributed by atoms with Gasteiger partial charge in [-0.15, -0.1) is 6.58 Å². The molecule has 7 heteroatoms. The van der Waals surface area contributed by atoms with E-state index in [0.29, 0.717) is 23.4 Å². The number of methoxy groups -OCH3 is 1. The average Bonchev–Trinajstić information content (AvgIpc) is 3.28. The van der Waals surface area contributed by atoms with E-state index in [4.69, 9.17) is 26.5 Å². The Morgan fingerprint density at radius 2 is 2.00 bits per heavy atom. The second-order valence-electron chi connectivity index (χ2n) is 7.78. The lowest BCUT2D eigenvalue weighted by Gasteiger charge is -2.37. The van der Waals surface area contributed by atoms with E-state index in [1.165, 1.54) is 11.1 Å². The maximum absolute atomic E-state index is 5.77. The highest BCUT2D eigenvalue weighted by atomic mass is 32.1. The minimum atomic E-state index is -0.207. The molecule has 1 aliphatic heterocycles. The fourth-order valence-electron chi connectivity index (χ4n) is 3.81. The number of rotatable bonds is 6. The molecule has 0 bridgehead atoms. The molecule has 0 spiro atoms. The maximum atomic E-state index is 5.77. The number of aryl methyl sites for hydroxylation is 2. The Morgan fingerprint density at radius 1 is 1.19 bits per heavy atom. The fraction of sp³-hybridized carbons (Fsp3) is 0.240. The molecule has 1 N–H and O–H groups in total. The number of nitrogens with zero attached hydrogens (tertiary/aromatic N) is 3. The number of nitrogens with one attached hydrogen (secondary N) is 1. The number of hydrogen-bond acceptors (Lipinski definition) is 5. The van der Waals surface area contributed by atoms with Gasteiger partial charge in [-0.25, -0.2) is 0 Å². The highest BCUT2D eigenvalue weighted by Gasteiger charge is 2.33. The van der Waals surface area contributed by atoms with Crippen molar-refractivity contribution in [3.63, 3.8) is 0 Å². The van der Waals surface area contributed by atoms with E-state index in [0.717, 1.165) is 28.1 Å². The Bertz CT molecular complexity index is 1210. The number of allylic oxidation sites excluding steroid dienone is 1. The lowest BCUT2D eigenvalue weighted by molar-refractivity contribution is 0.399. The SMILES string of the molecule is C=CCN1C(=S)NC(c2ccc(C)c(C)c2)C(c2nc(-c3cccc(OC)c3)no2)=C1C. The van der Waals surface area contributed by atoms with Gasteiger partial charge >= 0.3 is 0 Å². The van der Waals surface area contributed by atoms with Gasteiger partial charge in [-0.05, 0) is 61.8 Å². The van der Waals surface area contributed by atoms with Crippen LogP contribution in [-0.4, -0.2) is 33.8 Å². The summed E-state index contributed by atoms with van der Waals surface area (Å²) in [7, 11) is 1.63. The quantitative estimate of drug-likeness (QED) is 0.412. The van der Waals surface area contributed by atoms with Crippen LogP contribution in [0.5, 0.6) is 5.75 Å². The molecule has 0 saturated carbocycles. The molecular formula is C25H26N4O2S. The summed E-state index contributed by atoms with van der Waals surface area (Å²) >= 11 is 5.67. The van der Waals surface area contributed by atoms with Crippen LogP contribution in [0.3, 0.4) is 0 Å². The van der Waals surface area contributed by atoms with Gasteiger partial charge < -0.3 is 19.5 Å². The second-order valence-corrected chi connectivity index (χ2v) is 8.17. The van der Waals surface area contributed by atoms with Crippen molar-refractivity contribution >= 4 is 22.9 Å². The third-order valence-electron chi connectivity index (χ3n) is 5.76. The molecule has 164 valence electrons. The summed E-state index contributed by atoms with van der Waals surface area (Å²) in [6.45, 7) is 10.7. The summed E-state index contributed by atoms with van der Waals surface area (Å²) in [5.74, 6) is 1.69. The van der Waals surface area contributed by atoms with E-state index in [1.807, 2.05) is 42.2 Å². The monoisotopic (exact) mass is 446 g/mol. The molecule has 1 aromatic heterocycles. The summed E-state index contributed by atoms with van der Waals surface area (Å²) in [6.07, 6.45) is 1.82. The van der Waals surface area contributed by atoms with Crippen molar-refractivity contribution < 1.29 is 9.26 Å². The molecule has 0 aliphatic carbocycles. The minimum Gasteiger partial charge on any atom is -0.497 e.